The van der Waals surface area contributed by atoms with E-state index in [2.05, 4.69) is 38.8 Å². The normalized spacial score (nSPS) is 15.0. The maximum absolute atomic E-state index is 13.0. The monoisotopic (exact) mass is 1050 g/mol. The van der Waals surface area contributed by atoms with Gasteiger partial charge >= 0.3 is 0 Å². The van der Waals surface area contributed by atoms with Crippen molar-refractivity contribution in [2.75, 3.05) is 31.5 Å². The Balaban J connectivity index is 0.000000354. The molecule has 0 aromatic heterocycles. The molecule has 0 amide bonds. The molecule has 65 heavy (non-hydrogen) atoms. The summed E-state index contributed by atoms with van der Waals surface area (Å²) in [7, 11) is -2.49. The third-order valence-corrected chi connectivity index (χ3v) is 11.4. The highest BCUT2D eigenvalue weighted by Gasteiger charge is 2.30. The lowest BCUT2D eigenvalue weighted by Crippen LogP contribution is -2.42. The minimum Gasteiger partial charge on any atom is -0.489 e. The van der Waals surface area contributed by atoms with Gasteiger partial charge in [-0.25, -0.2) is 31.6 Å². The number of alkyl halides is 2. The number of hydrogen-bond donors (Lipinski definition) is 2. The van der Waals surface area contributed by atoms with Gasteiger partial charge in [0.1, 0.15) is 24.7 Å². The van der Waals surface area contributed by atoms with E-state index >= 15 is 0 Å². The van der Waals surface area contributed by atoms with E-state index < -0.39 is 19.1 Å². The first-order valence-corrected chi connectivity index (χ1v) is 25.3. The van der Waals surface area contributed by atoms with Gasteiger partial charge in [-0.15, -0.1) is 35.6 Å². The van der Waals surface area contributed by atoms with Crippen molar-refractivity contribution in [3.63, 3.8) is 0 Å². The number of sulfonamides is 1. The molecule has 356 valence electrons. The van der Waals surface area contributed by atoms with Crippen LogP contribution in [0.3, 0.4) is 0 Å². The number of hydrogen-bond acceptors (Lipinski definition) is 10. The third-order valence-electron chi connectivity index (χ3n) is 8.35. The summed E-state index contributed by atoms with van der Waals surface area (Å²) in [4.78, 5) is 8.27. The zero-order valence-electron chi connectivity index (χ0n) is 36.7. The van der Waals surface area contributed by atoms with Crippen molar-refractivity contribution in [3.8, 4) is 11.5 Å². The maximum atomic E-state index is 13.0. The lowest BCUT2D eigenvalue weighted by molar-refractivity contribution is 0.305. The van der Waals surface area contributed by atoms with Gasteiger partial charge in [0, 0.05) is 69.2 Å². The predicted molar refractivity (Wildman–Crippen MR) is 270 cm³/mol. The second-order valence-electron chi connectivity index (χ2n) is 15.2. The molecule has 2 heterocycles. The summed E-state index contributed by atoms with van der Waals surface area (Å²) >= 11 is 21.5. The van der Waals surface area contributed by atoms with Crippen molar-refractivity contribution >= 4 is 113 Å². The molecular weight excluding hydrogens is 1000 g/mol. The summed E-state index contributed by atoms with van der Waals surface area (Å²) in [5.41, 5.74) is 7.55. The molecule has 4 aromatic carbocycles. The maximum Gasteiger partial charge on any atom is 0.264 e. The second-order valence-corrected chi connectivity index (χ2v) is 21.1. The Bertz CT molecular complexity index is 2470. The number of ether oxygens (including phenoxy) is 2. The Morgan fingerprint density at radius 1 is 0.708 bits per heavy atom. The average molecular weight is 1060 g/mol. The first kappa shape index (κ1) is 57.1. The van der Waals surface area contributed by atoms with Crippen LogP contribution in [0.25, 0.3) is 0 Å². The quantitative estimate of drug-likeness (QED) is 0.0640. The van der Waals surface area contributed by atoms with E-state index in [0.29, 0.717) is 50.3 Å². The fraction of sp³-hybridized carbons (Fsp3) is 0.349. The highest BCUT2D eigenvalue weighted by molar-refractivity contribution is 8.13. The summed E-state index contributed by atoms with van der Waals surface area (Å²) < 4.78 is 62.4. The predicted octanol–water partition coefficient (Wildman–Crippen LogP) is 10.2. The number of benzene rings is 4. The molecule has 22 heteroatoms. The Labute approximate surface area is 413 Å². The molecule has 2 aliphatic rings. The van der Waals surface area contributed by atoms with E-state index in [4.69, 9.17) is 72.3 Å². The fourth-order valence-corrected chi connectivity index (χ4v) is 7.87. The molecule has 0 unspecified atom stereocenters. The molecule has 14 nitrogen and oxygen atoms in total. The molecule has 0 aliphatic carbocycles. The van der Waals surface area contributed by atoms with Crippen LogP contribution in [0.5, 0.6) is 11.5 Å². The first-order chi connectivity index (χ1) is 30.1. The van der Waals surface area contributed by atoms with Crippen LogP contribution in [-0.4, -0.2) is 82.7 Å². The van der Waals surface area contributed by atoms with Crippen LogP contribution >= 0.6 is 69.5 Å². The lowest BCUT2D eigenvalue weighted by atomic mass is 9.97. The van der Waals surface area contributed by atoms with Crippen molar-refractivity contribution in [1.82, 2.24) is 14.7 Å². The first-order valence-electron chi connectivity index (χ1n) is 19.6. The van der Waals surface area contributed by atoms with Crippen LogP contribution in [0.2, 0.25) is 10.0 Å². The van der Waals surface area contributed by atoms with Crippen molar-refractivity contribution < 1.29 is 26.3 Å². The molecule has 0 saturated carbocycles. The Hall–Kier alpha value is -4.00. The fourth-order valence-electron chi connectivity index (χ4n) is 5.41. The van der Waals surface area contributed by atoms with E-state index in [0.717, 1.165) is 17.7 Å². The Morgan fingerprint density at radius 2 is 1.12 bits per heavy atom. The average Bonchev–Trinajstić information content (AvgIpc) is 3.80. The van der Waals surface area contributed by atoms with Gasteiger partial charge in [-0.2, -0.15) is 10.2 Å². The Morgan fingerprint density at radius 3 is 1.52 bits per heavy atom. The molecule has 0 atom stereocenters. The number of nitrogens with one attached hydrogen (secondary N) is 1. The standard InChI is InChI=1S/C21H25ClN4O3S.C13H10Cl2O3S.C8H16N4.CH2Cl2.ClH/c1-4-23-20(26-15-21(2,3)14-24-26)25-30(27,28)19-11-17(22)10-18(12-19)29-13-16-8-6-5-7-9-16;14-11-6-12(8-13(7-11)19(15,16)17)18-9-10-4-2-1-3-5-10;1-4-10-7(9)12-6-8(2,3)5-11-12;2-1-3;/h5-12,14H,4,13,15H2,1-3H3,(H,23,25);1-8H,9H2;5H,4,6H2,1-3H3,(H2,9,10);1H2;1H. The van der Waals surface area contributed by atoms with Crippen molar-refractivity contribution in [2.45, 2.75) is 64.5 Å². The smallest absolute Gasteiger partial charge is 0.264 e. The number of rotatable bonds is 11. The van der Waals surface area contributed by atoms with Crippen LogP contribution in [0.15, 0.2) is 127 Å². The highest BCUT2D eigenvalue weighted by atomic mass is 35.7. The van der Waals surface area contributed by atoms with Gasteiger partial charge < -0.3 is 15.2 Å². The number of aliphatic imine (C=N–C) groups is 2. The summed E-state index contributed by atoms with van der Waals surface area (Å²) in [6, 6.07) is 27.7. The number of nitrogens with two attached hydrogens (primary N) is 1. The van der Waals surface area contributed by atoms with Crippen molar-refractivity contribution in [1.29, 1.82) is 0 Å². The molecular formula is C43H54Cl6N8O6S2. The number of hydrazone groups is 2. The van der Waals surface area contributed by atoms with E-state index in [9.17, 15) is 16.8 Å². The van der Waals surface area contributed by atoms with Gasteiger partial charge in [0.15, 0.2) is 0 Å². The summed E-state index contributed by atoms with van der Waals surface area (Å²) in [6.45, 7) is 15.1. The molecule has 0 saturated heterocycles. The van der Waals surface area contributed by atoms with Gasteiger partial charge in [0.25, 0.3) is 19.1 Å². The zero-order chi connectivity index (χ0) is 47.6. The van der Waals surface area contributed by atoms with Crippen molar-refractivity contribution in [2.24, 2.45) is 36.8 Å². The molecule has 4 aromatic rings. The van der Waals surface area contributed by atoms with Gasteiger partial charge in [0.05, 0.1) is 28.2 Å². The van der Waals surface area contributed by atoms with E-state index in [1.807, 2.05) is 94.6 Å². The number of guanidine groups is 2. The SMILES string of the molecule is CCN=C(N)N1CC(C)(C)C=N1.CCN=C(NS(=O)(=O)c1cc(Cl)cc(OCc2ccccc2)c1)N1CC(C)(C)C=N1.Cl.ClCCl.O=S(=O)(Cl)c1cc(Cl)cc(OCc2ccccc2)c1. The van der Waals surface area contributed by atoms with Crippen LogP contribution in [0.1, 0.15) is 52.7 Å². The van der Waals surface area contributed by atoms with Crippen LogP contribution in [-0.2, 0) is 32.3 Å². The molecule has 2 aliphatic heterocycles. The Kier molecular flexibility index (Phi) is 23.7. The number of nitrogens with zero attached hydrogens (tertiary/aromatic N) is 6. The summed E-state index contributed by atoms with van der Waals surface area (Å²) in [5, 5.41) is 12.4. The summed E-state index contributed by atoms with van der Waals surface area (Å²) in [6.07, 6.45) is 3.69. The van der Waals surface area contributed by atoms with E-state index in [-0.39, 0.29) is 54.4 Å². The van der Waals surface area contributed by atoms with E-state index in [1.165, 1.54) is 30.3 Å². The number of halogens is 6. The van der Waals surface area contributed by atoms with Gasteiger partial charge in [-0.3, -0.25) is 9.98 Å². The van der Waals surface area contributed by atoms with Crippen molar-refractivity contribution in [3.05, 3.63) is 118 Å². The molecule has 6 rings (SSSR count). The second kappa shape index (κ2) is 27.0. The van der Waals surface area contributed by atoms with Crippen LogP contribution in [0.4, 0.5) is 0 Å². The largest absolute Gasteiger partial charge is 0.489 e. The molecule has 3 N–H and O–H groups in total. The topological polar surface area (TPSA) is 181 Å². The van der Waals surface area contributed by atoms with Gasteiger partial charge in [0.2, 0.25) is 11.9 Å². The minimum atomic E-state index is -3.95. The van der Waals surface area contributed by atoms with Crippen LogP contribution < -0.4 is 19.9 Å². The van der Waals surface area contributed by atoms with Gasteiger partial charge in [-0.05, 0) is 49.2 Å². The highest BCUT2D eigenvalue weighted by Crippen LogP contribution is 2.28. The molecule has 0 radical (unpaired) electrons. The molecule has 0 bridgehead atoms. The lowest BCUT2D eigenvalue weighted by Gasteiger charge is -2.21. The minimum absolute atomic E-state index is 0. The van der Waals surface area contributed by atoms with Crippen LogP contribution in [0, 0.1) is 10.8 Å². The summed E-state index contributed by atoms with van der Waals surface area (Å²) in [5.74, 6) is 1.40. The third kappa shape index (κ3) is 20.6. The molecule has 0 fully saturated rings. The van der Waals surface area contributed by atoms with Gasteiger partial charge in [-0.1, -0.05) is 112 Å². The molecule has 0 spiro atoms. The van der Waals surface area contributed by atoms with E-state index in [1.54, 1.807) is 22.3 Å². The zero-order valence-corrected chi connectivity index (χ0v) is 42.9.